The van der Waals surface area contributed by atoms with Gasteiger partial charge in [-0.2, -0.15) is 0 Å². The van der Waals surface area contributed by atoms with E-state index >= 15 is 0 Å². The average molecular weight is 210 g/mol. The van der Waals surface area contributed by atoms with E-state index < -0.39 is 5.97 Å². The molecule has 0 saturated heterocycles. The van der Waals surface area contributed by atoms with E-state index in [4.69, 9.17) is 10.8 Å². The molecule has 14 heavy (non-hydrogen) atoms. The van der Waals surface area contributed by atoms with Crippen LogP contribution in [-0.2, 0) is 11.2 Å². The Balaban J connectivity index is 2.78. The van der Waals surface area contributed by atoms with Crippen molar-refractivity contribution in [2.45, 2.75) is 6.42 Å². The van der Waals surface area contributed by atoms with Gasteiger partial charge in [0, 0.05) is 5.69 Å². The lowest BCUT2D eigenvalue weighted by Crippen LogP contribution is -2.18. The van der Waals surface area contributed by atoms with Gasteiger partial charge in [0.2, 0.25) is 0 Å². The first-order chi connectivity index (χ1) is 6.58. The Morgan fingerprint density at radius 3 is 2.86 bits per heavy atom. The molecule has 0 fully saturated rings. The third-order valence-electron chi connectivity index (χ3n) is 1.55. The van der Waals surface area contributed by atoms with Gasteiger partial charge in [-0.15, -0.1) is 0 Å². The molecule has 1 aromatic rings. The van der Waals surface area contributed by atoms with Crippen LogP contribution in [0.15, 0.2) is 24.3 Å². The molecule has 74 valence electrons. The number of aliphatic carboxylic acids is 1. The summed E-state index contributed by atoms with van der Waals surface area (Å²) in [5.41, 5.74) is 6.69. The van der Waals surface area contributed by atoms with Crippen LogP contribution in [0.5, 0.6) is 0 Å². The van der Waals surface area contributed by atoms with E-state index in [2.05, 4.69) is 17.5 Å². The van der Waals surface area contributed by atoms with Gasteiger partial charge in [-0.05, 0) is 29.9 Å². The third kappa shape index (κ3) is 3.40. The van der Waals surface area contributed by atoms with Crippen molar-refractivity contribution in [3.8, 4) is 0 Å². The summed E-state index contributed by atoms with van der Waals surface area (Å²) in [5.74, 6) is -0.863. The number of nitrogens with two attached hydrogens (primary N) is 1. The van der Waals surface area contributed by atoms with Crippen LogP contribution in [0.4, 0.5) is 5.69 Å². The quantitative estimate of drug-likeness (QED) is 0.648. The van der Waals surface area contributed by atoms with E-state index in [-0.39, 0.29) is 11.5 Å². The second kappa shape index (κ2) is 4.57. The van der Waals surface area contributed by atoms with Gasteiger partial charge in [-0.3, -0.25) is 4.79 Å². The van der Waals surface area contributed by atoms with Crippen LogP contribution in [0.2, 0.25) is 0 Å². The number of carboxylic acids is 1. The van der Waals surface area contributed by atoms with E-state index in [1.807, 2.05) is 0 Å². The maximum absolute atomic E-state index is 10.4. The predicted molar refractivity (Wildman–Crippen MR) is 58.2 cm³/mol. The number of thiocarbonyl (C=S) groups is 1. The van der Waals surface area contributed by atoms with Crippen LogP contribution in [-0.4, -0.2) is 16.2 Å². The zero-order valence-electron chi connectivity index (χ0n) is 7.36. The molecule has 5 heteroatoms. The maximum Gasteiger partial charge on any atom is 0.307 e. The SMILES string of the molecule is NC(=S)Nc1cccc(CC(=O)O)c1. The molecule has 0 aliphatic heterocycles. The largest absolute Gasteiger partial charge is 0.481 e. The zero-order valence-corrected chi connectivity index (χ0v) is 8.17. The minimum Gasteiger partial charge on any atom is -0.481 e. The molecule has 0 amide bonds. The molecule has 4 N–H and O–H groups in total. The number of hydrogen-bond donors (Lipinski definition) is 3. The van der Waals surface area contributed by atoms with Gasteiger partial charge in [0.05, 0.1) is 6.42 Å². The highest BCUT2D eigenvalue weighted by atomic mass is 32.1. The number of nitrogens with one attached hydrogen (secondary N) is 1. The molecule has 1 rings (SSSR count). The van der Waals surface area contributed by atoms with Gasteiger partial charge in [-0.25, -0.2) is 0 Å². The summed E-state index contributed by atoms with van der Waals surface area (Å²) in [4.78, 5) is 10.4. The van der Waals surface area contributed by atoms with Crippen LogP contribution >= 0.6 is 12.2 Å². The molecular formula is C9H10N2O2S. The van der Waals surface area contributed by atoms with Gasteiger partial charge < -0.3 is 16.2 Å². The molecule has 0 heterocycles. The molecule has 0 unspecified atom stereocenters. The number of hydrogen-bond acceptors (Lipinski definition) is 2. The van der Waals surface area contributed by atoms with Gasteiger partial charge in [0.1, 0.15) is 0 Å². The summed E-state index contributed by atoms with van der Waals surface area (Å²) in [6.07, 6.45) is -0.00709. The Hall–Kier alpha value is -1.62. The summed E-state index contributed by atoms with van der Waals surface area (Å²) < 4.78 is 0. The summed E-state index contributed by atoms with van der Waals surface area (Å²) in [7, 11) is 0. The second-order valence-corrected chi connectivity index (χ2v) is 3.20. The monoisotopic (exact) mass is 210 g/mol. The highest BCUT2D eigenvalue weighted by molar-refractivity contribution is 7.80. The van der Waals surface area contributed by atoms with E-state index in [0.717, 1.165) is 0 Å². The van der Waals surface area contributed by atoms with Crippen LogP contribution in [0, 0.1) is 0 Å². The van der Waals surface area contributed by atoms with E-state index in [1.165, 1.54) is 0 Å². The molecular weight excluding hydrogens is 200 g/mol. The molecule has 0 atom stereocenters. The van der Waals surface area contributed by atoms with Crippen LogP contribution in [0.1, 0.15) is 5.56 Å². The van der Waals surface area contributed by atoms with Crippen molar-refractivity contribution in [2.24, 2.45) is 5.73 Å². The highest BCUT2D eigenvalue weighted by Crippen LogP contribution is 2.10. The summed E-state index contributed by atoms with van der Waals surface area (Å²) in [6.45, 7) is 0. The van der Waals surface area contributed by atoms with Gasteiger partial charge in [0.15, 0.2) is 5.11 Å². The fourth-order valence-corrected chi connectivity index (χ4v) is 1.19. The van der Waals surface area contributed by atoms with Crippen LogP contribution < -0.4 is 11.1 Å². The van der Waals surface area contributed by atoms with E-state index in [1.54, 1.807) is 24.3 Å². The second-order valence-electron chi connectivity index (χ2n) is 2.76. The number of carboxylic acid groups (broad SMARTS) is 1. The third-order valence-corrected chi connectivity index (χ3v) is 1.65. The Labute approximate surface area is 86.7 Å². The first kappa shape index (κ1) is 10.5. The van der Waals surface area contributed by atoms with Crippen molar-refractivity contribution in [1.29, 1.82) is 0 Å². The highest BCUT2D eigenvalue weighted by Gasteiger charge is 2.01. The molecule has 0 aliphatic rings. The predicted octanol–water partition coefficient (Wildman–Crippen LogP) is 0.969. The first-order valence-corrected chi connectivity index (χ1v) is 4.36. The first-order valence-electron chi connectivity index (χ1n) is 3.95. The molecule has 0 aromatic heterocycles. The van der Waals surface area contributed by atoms with Crippen molar-refractivity contribution in [3.05, 3.63) is 29.8 Å². The zero-order chi connectivity index (χ0) is 10.6. The number of anilines is 1. The standard InChI is InChI=1S/C9H10N2O2S/c10-9(14)11-7-3-1-2-6(4-7)5-8(12)13/h1-4H,5H2,(H,12,13)(H3,10,11,14). The van der Waals surface area contributed by atoms with Gasteiger partial charge >= 0.3 is 5.97 Å². The molecule has 4 nitrogen and oxygen atoms in total. The fourth-order valence-electron chi connectivity index (χ4n) is 1.08. The summed E-state index contributed by atoms with van der Waals surface area (Å²) >= 11 is 4.66. The number of rotatable bonds is 3. The normalized spacial score (nSPS) is 9.43. The smallest absolute Gasteiger partial charge is 0.307 e. The lowest BCUT2D eigenvalue weighted by molar-refractivity contribution is -0.136. The topological polar surface area (TPSA) is 75.3 Å². The van der Waals surface area contributed by atoms with E-state index in [0.29, 0.717) is 11.3 Å². The summed E-state index contributed by atoms with van der Waals surface area (Å²) in [6, 6.07) is 6.95. The molecule has 0 saturated carbocycles. The fraction of sp³-hybridized carbons (Fsp3) is 0.111. The van der Waals surface area contributed by atoms with Gasteiger partial charge in [-0.1, -0.05) is 12.1 Å². The Morgan fingerprint density at radius 1 is 1.57 bits per heavy atom. The molecule has 0 aliphatic carbocycles. The molecule has 0 bridgehead atoms. The molecule has 0 spiro atoms. The van der Waals surface area contributed by atoms with Crippen molar-refractivity contribution in [2.75, 3.05) is 5.32 Å². The lowest BCUT2D eigenvalue weighted by Gasteiger charge is -2.04. The molecule has 0 radical (unpaired) electrons. The maximum atomic E-state index is 10.4. The van der Waals surface area contributed by atoms with E-state index in [9.17, 15) is 4.79 Å². The average Bonchev–Trinajstić information content (AvgIpc) is 2.01. The van der Waals surface area contributed by atoms with Crippen LogP contribution in [0.25, 0.3) is 0 Å². The Morgan fingerprint density at radius 2 is 2.29 bits per heavy atom. The van der Waals surface area contributed by atoms with Crippen molar-refractivity contribution in [3.63, 3.8) is 0 Å². The minimum atomic E-state index is -0.863. The van der Waals surface area contributed by atoms with Crippen LogP contribution in [0.3, 0.4) is 0 Å². The van der Waals surface area contributed by atoms with Crippen molar-refractivity contribution < 1.29 is 9.90 Å². The Kier molecular flexibility index (Phi) is 3.41. The number of benzene rings is 1. The Bertz CT molecular complexity index is 334. The van der Waals surface area contributed by atoms with Gasteiger partial charge in [0.25, 0.3) is 0 Å². The minimum absolute atomic E-state index is 0.00709. The number of carbonyl (C=O) groups is 1. The van der Waals surface area contributed by atoms with Crippen molar-refractivity contribution in [1.82, 2.24) is 0 Å². The molecule has 1 aromatic carbocycles. The van der Waals surface area contributed by atoms with Crippen molar-refractivity contribution >= 4 is 29.0 Å². The lowest BCUT2D eigenvalue weighted by atomic mass is 10.1. The summed E-state index contributed by atoms with van der Waals surface area (Å²) in [5, 5.41) is 11.5.